The quantitative estimate of drug-likeness (QED) is 0.830. The number of hydrogen-bond donors (Lipinski definition) is 2. The first kappa shape index (κ1) is 20.7. The molecule has 0 amide bonds. The Balaban J connectivity index is 0.00000121. The Morgan fingerprint density at radius 1 is 0.923 bits per heavy atom. The van der Waals surface area contributed by atoms with Gasteiger partial charge in [-0.3, -0.25) is 0 Å². The monoisotopic (exact) mass is 395 g/mol. The van der Waals surface area contributed by atoms with E-state index in [1.54, 1.807) is 0 Å². The van der Waals surface area contributed by atoms with Crippen LogP contribution in [0.3, 0.4) is 0 Å². The van der Waals surface area contributed by atoms with Gasteiger partial charge in [0.1, 0.15) is 5.82 Å². The van der Waals surface area contributed by atoms with Crippen LogP contribution in [0.25, 0.3) is 0 Å². The molecule has 1 saturated carbocycles. The lowest BCUT2D eigenvalue weighted by molar-refractivity contribution is 0.345. The Labute approximate surface area is 167 Å². The Morgan fingerprint density at radius 3 is 2.19 bits per heavy atom. The van der Waals surface area contributed by atoms with Gasteiger partial charge in [0, 0.05) is 31.1 Å². The molecule has 0 atom stereocenters. The number of halogens is 2. The van der Waals surface area contributed by atoms with Gasteiger partial charge < -0.3 is 16.4 Å². The Bertz CT molecular complexity index is 698. The van der Waals surface area contributed by atoms with Gasteiger partial charge >= 0.3 is 0 Å². The van der Waals surface area contributed by atoms with Gasteiger partial charge in [-0.2, -0.15) is 4.98 Å². The van der Waals surface area contributed by atoms with Gasteiger partial charge in [0.25, 0.3) is 0 Å². The van der Waals surface area contributed by atoms with E-state index in [9.17, 15) is 0 Å². The molecule has 2 aliphatic rings. The average molecular weight is 396 g/mol. The summed E-state index contributed by atoms with van der Waals surface area (Å²) < 4.78 is 0. The predicted molar refractivity (Wildman–Crippen MR) is 112 cm³/mol. The molecular formula is C19H27Cl2N5. The van der Waals surface area contributed by atoms with Gasteiger partial charge in [-0.25, -0.2) is 4.98 Å². The van der Waals surface area contributed by atoms with Crippen molar-refractivity contribution >= 4 is 36.6 Å². The van der Waals surface area contributed by atoms with E-state index in [0.717, 1.165) is 50.3 Å². The molecule has 4 rings (SSSR count). The molecule has 26 heavy (non-hydrogen) atoms. The van der Waals surface area contributed by atoms with Gasteiger partial charge in [0.2, 0.25) is 5.95 Å². The molecule has 2 heterocycles. The van der Waals surface area contributed by atoms with Crippen LogP contribution in [-0.2, 0) is 0 Å². The normalized spacial score (nSPS) is 22.7. The molecule has 7 heteroatoms. The molecule has 0 unspecified atom stereocenters. The van der Waals surface area contributed by atoms with E-state index < -0.39 is 0 Å². The largest absolute Gasteiger partial charge is 0.368 e. The minimum Gasteiger partial charge on any atom is -0.368 e. The zero-order chi connectivity index (χ0) is 16.5. The number of nitrogens with zero attached hydrogens (tertiary/aromatic N) is 3. The van der Waals surface area contributed by atoms with Gasteiger partial charge in [0.05, 0.1) is 5.69 Å². The summed E-state index contributed by atoms with van der Waals surface area (Å²) in [4.78, 5) is 11.3. The maximum Gasteiger partial charge on any atom is 0.222 e. The molecular weight excluding hydrogens is 369 g/mol. The Kier molecular flexibility index (Phi) is 7.09. The topological polar surface area (TPSA) is 81.1 Å². The van der Waals surface area contributed by atoms with Crippen molar-refractivity contribution in [1.29, 1.82) is 0 Å². The zero-order valence-electron chi connectivity index (χ0n) is 14.8. The number of benzene rings is 1. The van der Waals surface area contributed by atoms with Crippen LogP contribution < -0.4 is 16.4 Å². The Morgan fingerprint density at radius 2 is 1.58 bits per heavy atom. The second kappa shape index (κ2) is 8.89. The predicted octanol–water partition coefficient (Wildman–Crippen LogP) is 3.49. The van der Waals surface area contributed by atoms with Crippen molar-refractivity contribution in [3.8, 4) is 0 Å². The number of piperidine rings is 1. The fourth-order valence-electron chi connectivity index (χ4n) is 3.91. The van der Waals surface area contributed by atoms with E-state index in [4.69, 9.17) is 11.5 Å². The van der Waals surface area contributed by atoms with Crippen molar-refractivity contribution in [2.24, 2.45) is 5.73 Å². The third-order valence-corrected chi connectivity index (χ3v) is 5.43. The van der Waals surface area contributed by atoms with E-state index in [2.05, 4.69) is 51.3 Å². The van der Waals surface area contributed by atoms with Crippen molar-refractivity contribution in [2.75, 3.05) is 23.7 Å². The molecule has 1 aromatic carbocycles. The fraction of sp³-hybridized carbons (Fsp3) is 0.474. The molecule has 4 N–H and O–H groups in total. The van der Waals surface area contributed by atoms with Crippen LogP contribution in [0.15, 0.2) is 36.4 Å². The van der Waals surface area contributed by atoms with Crippen LogP contribution in [0, 0.1) is 0 Å². The maximum atomic E-state index is 5.96. The SMILES string of the molecule is Cl.Cl.Nc1nc(C2CC(N)C2)cc(N2CCC(c3ccccc3)CC2)n1. The molecule has 0 bridgehead atoms. The molecule has 1 aliphatic carbocycles. The summed E-state index contributed by atoms with van der Waals surface area (Å²) in [5, 5.41) is 0. The number of anilines is 2. The van der Waals surface area contributed by atoms with E-state index in [-0.39, 0.29) is 24.8 Å². The second-order valence-electron chi connectivity index (χ2n) is 7.11. The lowest BCUT2D eigenvalue weighted by Crippen LogP contribution is -2.36. The van der Waals surface area contributed by atoms with Gasteiger partial charge in [-0.15, -0.1) is 24.8 Å². The highest BCUT2D eigenvalue weighted by Crippen LogP contribution is 2.36. The molecule has 0 radical (unpaired) electrons. The molecule has 1 aliphatic heterocycles. The standard InChI is InChI=1S/C19H25N5.2ClH/c20-16-10-15(11-16)17-12-18(23-19(21)22-17)24-8-6-14(7-9-24)13-4-2-1-3-5-13;;/h1-5,12,14-16H,6-11,20H2,(H2,21,22,23);2*1H. The van der Waals surface area contributed by atoms with Gasteiger partial charge in [-0.1, -0.05) is 30.3 Å². The van der Waals surface area contributed by atoms with E-state index in [1.165, 1.54) is 5.56 Å². The van der Waals surface area contributed by atoms with Crippen molar-refractivity contribution in [2.45, 2.75) is 43.6 Å². The van der Waals surface area contributed by atoms with Crippen LogP contribution in [0.1, 0.15) is 48.8 Å². The molecule has 1 saturated heterocycles. The molecule has 2 aromatic rings. The van der Waals surface area contributed by atoms with Gasteiger partial charge in [-0.05, 0) is 37.2 Å². The van der Waals surface area contributed by atoms with E-state index >= 15 is 0 Å². The molecule has 1 aromatic heterocycles. The van der Waals surface area contributed by atoms with Crippen molar-refractivity contribution in [3.63, 3.8) is 0 Å². The third kappa shape index (κ3) is 4.40. The lowest BCUT2D eigenvalue weighted by atomic mass is 9.78. The van der Waals surface area contributed by atoms with E-state index in [1.807, 2.05) is 0 Å². The number of rotatable bonds is 3. The number of nitrogens with two attached hydrogens (primary N) is 2. The van der Waals surface area contributed by atoms with Crippen LogP contribution in [0.2, 0.25) is 0 Å². The fourth-order valence-corrected chi connectivity index (χ4v) is 3.91. The highest BCUT2D eigenvalue weighted by molar-refractivity contribution is 5.85. The van der Waals surface area contributed by atoms with Crippen molar-refractivity contribution in [1.82, 2.24) is 9.97 Å². The highest BCUT2D eigenvalue weighted by Gasteiger charge is 2.30. The lowest BCUT2D eigenvalue weighted by Gasteiger charge is -2.35. The number of aromatic nitrogens is 2. The minimum atomic E-state index is 0. The summed E-state index contributed by atoms with van der Waals surface area (Å²) in [6, 6.07) is 13.2. The smallest absolute Gasteiger partial charge is 0.222 e. The summed E-state index contributed by atoms with van der Waals surface area (Å²) in [6.45, 7) is 2.03. The zero-order valence-corrected chi connectivity index (χ0v) is 16.4. The minimum absolute atomic E-state index is 0. The first-order chi connectivity index (χ1) is 11.7. The molecule has 5 nitrogen and oxygen atoms in total. The Hall–Kier alpha value is -1.56. The third-order valence-electron chi connectivity index (χ3n) is 5.43. The molecule has 142 valence electrons. The first-order valence-electron chi connectivity index (χ1n) is 8.89. The maximum absolute atomic E-state index is 5.96. The van der Waals surface area contributed by atoms with Crippen LogP contribution in [0.4, 0.5) is 11.8 Å². The average Bonchev–Trinajstić information content (AvgIpc) is 2.59. The summed E-state index contributed by atoms with van der Waals surface area (Å²) in [5.41, 5.74) is 14.4. The van der Waals surface area contributed by atoms with E-state index in [0.29, 0.717) is 23.8 Å². The van der Waals surface area contributed by atoms with Gasteiger partial charge in [0.15, 0.2) is 0 Å². The number of nitrogen functional groups attached to an aromatic ring is 1. The summed E-state index contributed by atoms with van der Waals surface area (Å²) >= 11 is 0. The summed E-state index contributed by atoms with van der Waals surface area (Å²) in [5.74, 6) is 2.45. The molecule has 0 spiro atoms. The molecule has 2 fully saturated rings. The number of hydrogen-bond acceptors (Lipinski definition) is 5. The van der Waals surface area contributed by atoms with Crippen LogP contribution in [0.5, 0.6) is 0 Å². The van der Waals surface area contributed by atoms with Crippen molar-refractivity contribution < 1.29 is 0 Å². The van der Waals surface area contributed by atoms with Crippen molar-refractivity contribution in [3.05, 3.63) is 47.7 Å². The summed E-state index contributed by atoms with van der Waals surface area (Å²) in [6.07, 6.45) is 4.31. The highest BCUT2D eigenvalue weighted by atomic mass is 35.5. The van der Waals surface area contributed by atoms with Crippen LogP contribution >= 0.6 is 24.8 Å². The summed E-state index contributed by atoms with van der Waals surface area (Å²) in [7, 11) is 0. The second-order valence-corrected chi connectivity index (χ2v) is 7.11. The first-order valence-corrected chi connectivity index (χ1v) is 8.89. The van der Waals surface area contributed by atoms with Crippen LogP contribution in [-0.4, -0.2) is 29.1 Å².